The fraction of sp³-hybridized carbons (Fsp3) is 0.500. The third-order valence-corrected chi connectivity index (χ3v) is 6.61. The average molecular weight is 368 g/mol. The zero-order chi connectivity index (χ0) is 18.2. The molecule has 2 aliphatic rings. The Morgan fingerprint density at radius 2 is 2.40 bits per heavy atom. The number of nitrogens with one attached hydrogen (secondary N) is 3. The molecule has 9 heteroatoms. The third-order valence-electron chi connectivity index (χ3n) is 4.76. The van der Waals surface area contributed by atoms with Crippen LogP contribution in [0.4, 0.5) is 10.1 Å². The predicted octanol–water partition coefficient (Wildman–Crippen LogP) is 1.29. The molecule has 1 amide bonds. The monoisotopic (exact) mass is 368 g/mol. The van der Waals surface area contributed by atoms with Crippen molar-refractivity contribution in [2.24, 2.45) is 0 Å². The number of hydrogen-bond acceptors (Lipinski definition) is 4. The highest BCUT2D eigenvalue weighted by Gasteiger charge is 2.58. The lowest BCUT2D eigenvalue weighted by molar-refractivity contribution is -0.119. The van der Waals surface area contributed by atoms with Crippen molar-refractivity contribution >= 4 is 28.9 Å². The highest BCUT2D eigenvalue weighted by molar-refractivity contribution is 7.90. The Morgan fingerprint density at radius 3 is 3.12 bits per heavy atom. The molecule has 1 saturated heterocycles. The van der Waals surface area contributed by atoms with Gasteiger partial charge in [-0.15, -0.1) is 0 Å². The van der Waals surface area contributed by atoms with Gasteiger partial charge in [-0.1, -0.05) is 0 Å². The zero-order valence-corrected chi connectivity index (χ0v) is 14.9. The molecule has 1 heterocycles. The highest BCUT2D eigenvalue weighted by Crippen LogP contribution is 2.47. The van der Waals surface area contributed by atoms with Crippen LogP contribution < -0.4 is 10.6 Å². The van der Waals surface area contributed by atoms with Gasteiger partial charge in [-0.2, -0.15) is 4.31 Å². The van der Waals surface area contributed by atoms with E-state index in [9.17, 15) is 13.7 Å². The number of guanidine groups is 1. The highest BCUT2D eigenvalue weighted by atomic mass is 32.2. The quantitative estimate of drug-likeness (QED) is 0.696. The van der Waals surface area contributed by atoms with E-state index in [4.69, 9.17) is 10.1 Å². The van der Waals surface area contributed by atoms with Gasteiger partial charge >= 0.3 is 0 Å². The molecule has 136 valence electrons. The first-order valence-corrected chi connectivity index (χ1v) is 9.16. The largest absolute Gasteiger partial charge is 0.593 e. The number of rotatable bonds is 4. The van der Waals surface area contributed by atoms with Gasteiger partial charge in [0.05, 0.1) is 18.4 Å². The van der Waals surface area contributed by atoms with Gasteiger partial charge in [-0.25, -0.2) is 4.39 Å². The van der Waals surface area contributed by atoms with Crippen LogP contribution in [0, 0.1) is 11.2 Å². The Kier molecular flexibility index (Phi) is 4.90. The topological polar surface area (TPSA) is 101 Å². The van der Waals surface area contributed by atoms with E-state index < -0.39 is 22.7 Å². The van der Waals surface area contributed by atoms with Crippen LogP contribution in [0.1, 0.15) is 24.8 Å². The second kappa shape index (κ2) is 6.81. The molecule has 1 aliphatic heterocycles. The van der Waals surface area contributed by atoms with E-state index in [-0.39, 0.29) is 23.7 Å². The van der Waals surface area contributed by atoms with Crippen molar-refractivity contribution in [3.05, 3.63) is 29.6 Å². The average Bonchev–Trinajstić information content (AvgIpc) is 2.99. The number of halogens is 1. The summed E-state index contributed by atoms with van der Waals surface area (Å²) >= 11 is -1.42. The van der Waals surface area contributed by atoms with Crippen molar-refractivity contribution in [3.8, 4) is 0 Å². The third kappa shape index (κ3) is 3.07. The predicted molar refractivity (Wildman–Crippen MR) is 93.0 cm³/mol. The van der Waals surface area contributed by atoms with E-state index in [1.165, 1.54) is 23.5 Å². The summed E-state index contributed by atoms with van der Waals surface area (Å²) in [4.78, 5) is 11.7. The number of amides is 1. The number of nitrogens with zero attached hydrogens (tertiary/aromatic N) is 1. The van der Waals surface area contributed by atoms with E-state index in [0.717, 1.165) is 6.42 Å². The summed E-state index contributed by atoms with van der Waals surface area (Å²) in [5, 5.41) is 13.5. The van der Waals surface area contributed by atoms with Crippen molar-refractivity contribution in [3.63, 3.8) is 0 Å². The molecule has 1 aromatic carbocycles. The molecule has 3 unspecified atom stereocenters. The van der Waals surface area contributed by atoms with Crippen LogP contribution >= 0.6 is 0 Å². The number of fused-ring (bicyclic) bond motifs is 1. The van der Waals surface area contributed by atoms with Gasteiger partial charge in [0, 0.05) is 24.8 Å². The molecular weight excluding hydrogens is 347 g/mol. The maximum atomic E-state index is 14.7. The van der Waals surface area contributed by atoms with E-state index in [0.29, 0.717) is 24.1 Å². The van der Waals surface area contributed by atoms with E-state index >= 15 is 0 Å². The number of carbonyl (C=O) groups is 1. The first-order chi connectivity index (χ1) is 11.9. The van der Waals surface area contributed by atoms with Crippen LogP contribution in [-0.2, 0) is 26.4 Å². The van der Waals surface area contributed by atoms with Crippen molar-refractivity contribution in [1.29, 1.82) is 5.41 Å². The standard InChI is InChI=1S/C16H21FN4O3S/c1-21-15(18)20-16(7-3-4-13(16)25(21)23)11-8-10(5-6-12(11)17)19-14(22)9-24-2/h5-6,8,13H,3-4,7,9H2,1-2H3,(H2,18,20)(H,19,22). The van der Waals surface area contributed by atoms with Crippen LogP contribution in [0.5, 0.6) is 0 Å². The molecule has 25 heavy (non-hydrogen) atoms. The first-order valence-electron chi connectivity index (χ1n) is 7.99. The van der Waals surface area contributed by atoms with Crippen molar-refractivity contribution in [2.45, 2.75) is 30.1 Å². The van der Waals surface area contributed by atoms with E-state index in [1.54, 1.807) is 13.1 Å². The summed E-state index contributed by atoms with van der Waals surface area (Å²) in [5.74, 6) is -0.781. The van der Waals surface area contributed by atoms with Crippen LogP contribution in [0.3, 0.4) is 0 Å². The summed E-state index contributed by atoms with van der Waals surface area (Å²) in [5.41, 5.74) is -0.131. The minimum atomic E-state index is -1.42. The molecule has 3 rings (SSSR count). The molecule has 2 fully saturated rings. The number of ether oxygens (including phenoxy) is 1. The van der Waals surface area contributed by atoms with Gasteiger partial charge in [0.25, 0.3) is 0 Å². The fourth-order valence-electron chi connectivity index (χ4n) is 3.61. The number of anilines is 1. The molecule has 1 aromatic rings. The molecule has 3 atom stereocenters. The summed E-state index contributed by atoms with van der Waals surface area (Å²) in [6.07, 6.45) is 2.03. The lowest BCUT2D eigenvalue weighted by Gasteiger charge is -2.44. The second-order valence-electron chi connectivity index (χ2n) is 6.28. The Hall–Kier alpha value is -1.84. The van der Waals surface area contributed by atoms with Gasteiger partial charge in [-0.3, -0.25) is 10.2 Å². The van der Waals surface area contributed by atoms with Gasteiger partial charge in [0.1, 0.15) is 18.0 Å². The number of methoxy groups -OCH3 is 1. The number of benzene rings is 1. The van der Waals surface area contributed by atoms with E-state index in [1.807, 2.05) is 0 Å². The van der Waals surface area contributed by atoms with Gasteiger partial charge in [0.2, 0.25) is 11.9 Å². The van der Waals surface area contributed by atoms with Crippen molar-refractivity contribution < 1.29 is 18.5 Å². The lowest BCUT2D eigenvalue weighted by Crippen LogP contribution is -2.65. The maximum Gasteiger partial charge on any atom is 0.250 e. The Morgan fingerprint density at radius 1 is 1.64 bits per heavy atom. The normalized spacial score (nSPS) is 28.5. The molecular formula is C16H21FN4O3S. The Bertz CT molecular complexity index is 704. The second-order valence-corrected chi connectivity index (χ2v) is 7.94. The number of carbonyl (C=O) groups excluding carboxylic acids is 1. The summed E-state index contributed by atoms with van der Waals surface area (Å²) in [6, 6.07) is 4.32. The molecule has 1 aliphatic carbocycles. The Balaban J connectivity index is 1.99. The molecule has 0 bridgehead atoms. The maximum absolute atomic E-state index is 14.7. The Labute approximate surface area is 148 Å². The van der Waals surface area contributed by atoms with Crippen LogP contribution in [-0.4, -0.2) is 46.7 Å². The van der Waals surface area contributed by atoms with Crippen LogP contribution in [0.25, 0.3) is 0 Å². The van der Waals surface area contributed by atoms with Gasteiger partial charge in [-0.05, 0) is 31.0 Å². The first kappa shape index (κ1) is 18.0. The van der Waals surface area contributed by atoms with Crippen molar-refractivity contribution in [1.82, 2.24) is 9.62 Å². The molecule has 7 nitrogen and oxygen atoms in total. The molecule has 1 saturated carbocycles. The lowest BCUT2D eigenvalue weighted by atomic mass is 9.86. The zero-order valence-electron chi connectivity index (χ0n) is 14.1. The van der Waals surface area contributed by atoms with Crippen LogP contribution in [0.15, 0.2) is 18.2 Å². The fourth-order valence-corrected chi connectivity index (χ4v) is 5.23. The van der Waals surface area contributed by atoms with Crippen LogP contribution in [0.2, 0.25) is 0 Å². The minimum Gasteiger partial charge on any atom is -0.593 e. The summed E-state index contributed by atoms with van der Waals surface area (Å²) in [6.45, 7) is -0.0990. The SMILES string of the molecule is COCC(=O)Nc1ccc(F)c(C23CCCC2[S+]([O-])N(C)C(=N)N3)c1. The minimum absolute atomic E-state index is 0.00436. The van der Waals surface area contributed by atoms with Gasteiger partial charge in [0.15, 0.2) is 5.25 Å². The van der Waals surface area contributed by atoms with E-state index in [2.05, 4.69) is 10.6 Å². The number of hydrogen-bond donors (Lipinski definition) is 3. The summed E-state index contributed by atoms with van der Waals surface area (Å²) < 4.78 is 33.5. The molecule has 3 N–H and O–H groups in total. The molecule has 0 spiro atoms. The smallest absolute Gasteiger partial charge is 0.250 e. The van der Waals surface area contributed by atoms with Gasteiger partial charge < -0.3 is 19.9 Å². The summed E-state index contributed by atoms with van der Waals surface area (Å²) in [7, 11) is 3.01. The molecule has 0 radical (unpaired) electrons. The van der Waals surface area contributed by atoms with Crippen molar-refractivity contribution in [2.75, 3.05) is 26.1 Å². The molecule has 0 aromatic heterocycles.